The van der Waals surface area contributed by atoms with Crippen LogP contribution in [0.15, 0.2) is 24.3 Å². The van der Waals surface area contributed by atoms with Crippen LogP contribution >= 0.6 is 12.8 Å². The van der Waals surface area contributed by atoms with E-state index in [1.54, 1.807) is 0 Å². The van der Waals surface area contributed by atoms with Crippen LogP contribution < -0.4 is 20.9 Å². The summed E-state index contributed by atoms with van der Waals surface area (Å²) in [4.78, 5) is 14.3. The molecule has 10 nitrogen and oxygen atoms in total. The van der Waals surface area contributed by atoms with Crippen molar-refractivity contribution in [2.75, 3.05) is 74.4 Å². The molecule has 3 aliphatic rings. The summed E-state index contributed by atoms with van der Waals surface area (Å²) in [7, 11) is 0. The number of aromatic nitrogens is 2. The van der Waals surface area contributed by atoms with Crippen molar-refractivity contribution < 1.29 is 26.2 Å². The van der Waals surface area contributed by atoms with Crippen LogP contribution in [0.25, 0.3) is 6.15 Å². The Balaban J connectivity index is 0.00000210. The van der Waals surface area contributed by atoms with Crippen molar-refractivity contribution in [2.24, 2.45) is 5.92 Å². The molecule has 2 aromatic rings. The Morgan fingerprint density at radius 3 is 2.26 bits per heavy atom. The Kier molecular flexibility index (Phi) is 12.6. The van der Waals surface area contributed by atoms with Gasteiger partial charge in [-0.05, 0) is 75.4 Å². The topological polar surface area (TPSA) is 125 Å². The number of aromatic hydroxyl groups is 1. The van der Waals surface area contributed by atoms with Gasteiger partial charge in [-0.3, -0.25) is 9.21 Å². The van der Waals surface area contributed by atoms with Crippen molar-refractivity contribution in [2.45, 2.75) is 45.1 Å². The van der Waals surface area contributed by atoms with Crippen molar-refractivity contribution >= 4 is 35.8 Å². The molecule has 1 aromatic carbocycles. The molecule has 3 fully saturated rings. The minimum Gasteiger partial charge on any atom is -0.693 e. The number of nitrogens with two attached hydrogens (primary N) is 1. The van der Waals surface area contributed by atoms with Crippen molar-refractivity contribution in [1.29, 1.82) is 0 Å². The summed E-state index contributed by atoms with van der Waals surface area (Å²) in [6, 6.07) is 9.12. The predicted octanol–water partition coefficient (Wildman–Crippen LogP) is 4.05. The van der Waals surface area contributed by atoms with Gasteiger partial charge in [0, 0.05) is 84.3 Å². The molecular formula is C27H44N9OSW-. The van der Waals surface area contributed by atoms with Crippen LogP contribution in [0.2, 0.25) is 0 Å². The molecule has 0 bridgehead atoms. The van der Waals surface area contributed by atoms with E-state index >= 15 is 0 Å². The number of hydrogen-bond acceptors (Lipinski definition) is 10. The maximum absolute atomic E-state index is 10.5. The quantitative estimate of drug-likeness (QED) is 0.257. The fraction of sp³-hybridized carbons (Fsp3) is 0.630. The number of anilines is 4. The summed E-state index contributed by atoms with van der Waals surface area (Å²) in [5.41, 5.74) is 2.93. The van der Waals surface area contributed by atoms with Gasteiger partial charge in [-0.15, -0.1) is 0 Å². The summed E-state index contributed by atoms with van der Waals surface area (Å²) < 4.78 is 2.12. The molecule has 216 valence electrons. The standard InChI is InChI=1S/C27H42N8OS.H2N.W/c1-2-24-25(29-19-20-7-11-28-12-8-20)32-26(27(36)31-24)30-21-3-5-22(6-4-21)33-13-9-23(10-14-33)34-15-17-35(37)18-16-34;;/h3-6,20,23,28,37H,2,7-19H2,1H3,(H,31,36)(H2,29,30,32);1H2;/q;-1;. The molecule has 5 rings (SSSR count). The molecule has 0 spiro atoms. The predicted molar refractivity (Wildman–Crippen MR) is 160 cm³/mol. The van der Waals surface area contributed by atoms with Gasteiger partial charge in [0.15, 0.2) is 11.6 Å². The van der Waals surface area contributed by atoms with Crippen LogP contribution in [-0.2, 0) is 27.5 Å². The van der Waals surface area contributed by atoms with Crippen molar-refractivity contribution in [1.82, 2.24) is 24.5 Å². The number of rotatable bonds is 8. The first-order valence-electron chi connectivity index (χ1n) is 13.9. The molecule has 4 heterocycles. The molecule has 0 amide bonds. The van der Waals surface area contributed by atoms with E-state index in [9.17, 15) is 5.11 Å². The number of piperazine rings is 1. The van der Waals surface area contributed by atoms with Gasteiger partial charge in [-0.2, -0.15) is 0 Å². The second-order valence-electron chi connectivity index (χ2n) is 10.5. The Morgan fingerprint density at radius 1 is 0.949 bits per heavy atom. The second-order valence-corrected chi connectivity index (χ2v) is 11.1. The van der Waals surface area contributed by atoms with E-state index in [0.29, 0.717) is 24.2 Å². The zero-order valence-corrected chi connectivity index (χ0v) is 26.8. The molecule has 3 aliphatic heterocycles. The molecule has 0 radical (unpaired) electrons. The number of nitrogens with zero attached hydrogens (tertiary/aromatic N) is 5. The summed E-state index contributed by atoms with van der Waals surface area (Å²) in [6.45, 7) is 11.6. The normalized spacial score (nSPS) is 19.7. The number of thiol groups is 1. The fourth-order valence-electron chi connectivity index (χ4n) is 5.72. The smallest absolute Gasteiger partial charge is 0.255 e. The van der Waals surface area contributed by atoms with Crippen LogP contribution in [-0.4, -0.2) is 89.2 Å². The van der Waals surface area contributed by atoms with Gasteiger partial charge in [-0.25, -0.2) is 9.97 Å². The molecule has 0 unspecified atom stereocenters. The summed E-state index contributed by atoms with van der Waals surface area (Å²) in [5, 5.41) is 20.7. The van der Waals surface area contributed by atoms with E-state index in [4.69, 9.17) is 4.98 Å². The number of hydrogen-bond donors (Lipinski definition) is 5. The van der Waals surface area contributed by atoms with Gasteiger partial charge >= 0.3 is 0 Å². The Hall–Kier alpha value is -1.62. The first-order chi connectivity index (χ1) is 18.1. The first-order valence-corrected chi connectivity index (χ1v) is 14.3. The summed E-state index contributed by atoms with van der Waals surface area (Å²) >= 11 is 4.48. The molecule has 1 aromatic heterocycles. The molecular weight excluding hydrogens is 682 g/mol. The first kappa shape index (κ1) is 31.9. The third kappa shape index (κ3) is 8.44. The van der Waals surface area contributed by atoms with Crippen LogP contribution in [0, 0.1) is 5.92 Å². The number of benzene rings is 1. The Bertz CT molecular complexity index is 1010. The number of aryl methyl sites for hydroxylation is 1. The summed E-state index contributed by atoms with van der Waals surface area (Å²) in [5.74, 6) is 1.72. The molecule has 0 saturated carbocycles. The zero-order chi connectivity index (χ0) is 25.6. The largest absolute Gasteiger partial charge is 0.693 e. The van der Waals surface area contributed by atoms with E-state index in [0.717, 1.165) is 76.1 Å². The van der Waals surface area contributed by atoms with Crippen molar-refractivity contribution in [3.05, 3.63) is 36.1 Å². The van der Waals surface area contributed by atoms with Crippen LogP contribution in [0.5, 0.6) is 5.88 Å². The average molecular weight is 727 g/mol. The average Bonchev–Trinajstić information content (AvgIpc) is 2.94. The van der Waals surface area contributed by atoms with Gasteiger partial charge in [0.2, 0.25) is 0 Å². The molecule has 0 aliphatic carbocycles. The number of piperidine rings is 2. The van der Waals surface area contributed by atoms with Gasteiger partial charge in [0.05, 0.1) is 5.69 Å². The van der Waals surface area contributed by atoms with E-state index in [2.05, 4.69) is 72.1 Å². The van der Waals surface area contributed by atoms with Crippen molar-refractivity contribution in [3.63, 3.8) is 0 Å². The fourth-order valence-corrected chi connectivity index (χ4v) is 5.90. The molecule has 12 heteroatoms. The maximum atomic E-state index is 10.5. The van der Waals surface area contributed by atoms with Gasteiger partial charge in [-0.1, -0.05) is 19.7 Å². The molecule has 39 heavy (non-hydrogen) atoms. The van der Waals surface area contributed by atoms with Crippen LogP contribution in [0.3, 0.4) is 0 Å². The Labute approximate surface area is 253 Å². The third-order valence-corrected chi connectivity index (χ3v) is 8.47. The van der Waals surface area contributed by atoms with E-state index in [-0.39, 0.29) is 33.1 Å². The molecule has 3 saturated heterocycles. The third-order valence-electron chi connectivity index (χ3n) is 8.07. The van der Waals surface area contributed by atoms with Gasteiger partial charge < -0.3 is 32.1 Å². The monoisotopic (exact) mass is 726 g/mol. The van der Waals surface area contributed by atoms with Crippen LogP contribution in [0.4, 0.5) is 23.0 Å². The van der Waals surface area contributed by atoms with Gasteiger partial charge in [0.1, 0.15) is 0 Å². The SMILES string of the molecule is CCc1nc(O)c(Nc2ccc(N3CCC(N4CCN(S)CC4)CC3)cc2)nc1NCC1CCNCC1.[NH2-].[W]. The van der Waals surface area contributed by atoms with Crippen molar-refractivity contribution in [3.8, 4) is 5.88 Å². The molecule has 0 atom stereocenters. The number of nitrogens with one attached hydrogen (secondary N) is 3. The maximum Gasteiger partial charge on any atom is 0.255 e. The van der Waals surface area contributed by atoms with Crippen LogP contribution in [0.1, 0.15) is 38.3 Å². The minimum atomic E-state index is -0.0610. The Morgan fingerprint density at radius 2 is 1.62 bits per heavy atom. The second kappa shape index (κ2) is 15.4. The van der Waals surface area contributed by atoms with Gasteiger partial charge in [0.25, 0.3) is 5.88 Å². The minimum absolute atomic E-state index is 0. The zero-order valence-electron chi connectivity index (χ0n) is 23.0. The summed E-state index contributed by atoms with van der Waals surface area (Å²) in [6.07, 6.45) is 5.45. The van der Waals surface area contributed by atoms with E-state index in [1.807, 2.05) is 6.92 Å². The van der Waals surface area contributed by atoms with E-state index < -0.39 is 0 Å². The van der Waals surface area contributed by atoms with E-state index in [1.165, 1.54) is 31.4 Å². The molecule has 6 N–H and O–H groups in total.